The second-order valence-corrected chi connectivity index (χ2v) is 8.36. The number of aromatic nitrogens is 1. The molecule has 0 radical (unpaired) electrons. The minimum atomic E-state index is -3.15. The van der Waals surface area contributed by atoms with Crippen molar-refractivity contribution in [3.63, 3.8) is 0 Å². The Hall–Kier alpha value is -1.19. The summed E-state index contributed by atoms with van der Waals surface area (Å²) in [5, 5.41) is 2.84. The van der Waals surface area contributed by atoms with Crippen molar-refractivity contribution in [1.82, 2.24) is 9.29 Å². The molecule has 0 aromatic carbocycles. The third kappa shape index (κ3) is 3.04. The van der Waals surface area contributed by atoms with Crippen molar-refractivity contribution in [2.24, 2.45) is 0 Å². The van der Waals surface area contributed by atoms with E-state index in [1.54, 1.807) is 11.2 Å². The van der Waals surface area contributed by atoms with Gasteiger partial charge in [0.05, 0.1) is 17.6 Å². The number of rotatable bonds is 4. The van der Waals surface area contributed by atoms with Crippen LogP contribution < -0.4 is 5.32 Å². The van der Waals surface area contributed by atoms with E-state index in [1.165, 1.54) is 11.3 Å². The molecule has 1 aromatic rings. The first-order chi connectivity index (χ1) is 10.0. The molecule has 1 aliphatic carbocycles. The first-order valence-electron chi connectivity index (χ1n) is 6.92. The number of thiazole rings is 1. The fraction of sp³-hybridized carbons (Fsp3) is 0.667. The molecule has 0 spiro atoms. The van der Waals surface area contributed by atoms with E-state index in [2.05, 4.69) is 10.3 Å². The van der Waals surface area contributed by atoms with E-state index in [4.69, 9.17) is 4.74 Å². The molecule has 0 atom stereocenters. The topological polar surface area (TPSA) is 88.6 Å². The fourth-order valence-corrected chi connectivity index (χ4v) is 5.17. The Morgan fingerprint density at radius 1 is 1.52 bits per heavy atom. The van der Waals surface area contributed by atoms with Gasteiger partial charge in [-0.1, -0.05) is 11.3 Å². The van der Waals surface area contributed by atoms with Gasteiger partial charge in [0.2, 0.25) is 10.0 Å². The Bertz CT molecular complexity index is 651. The molecule has 116 valence electrons. The number of ether oxygens (including phenoxy) is 1. The molecule has 0 unspecified atom stereocenters. The summed E-state index contributed by atoms with van der Waals surface area (Å²) in [6, 6.07) is 0. The minimum Gasteiger partial charge on any atom is -0.450 e. The van der Waals surface area contributed by atoms with Crippen LogP contribution in [0.3, 0.4) is 0 Å². The summed E-state index contributed by atoms with van der Waals surface area (Å²) in [4.78, 5) is 16.6. The summed E-state index contributed by atoms with van der Waals surface area (Å²) in [5.41, 5.74) is 0.869. The maximum Gasteiger partial charge on any atom is 0.413 e. The third-order valence-corrected chi connectivity index (χ3v) is 6.83. The summed E-state index contributed by atoms with van der Waals surface area (Å²) >= 11 is 1.31. The molecule has 1 saturated carbocycles. The van der Waals surface area contributed by atoms with Crippen LogP contribution >= 0.6 is 11.3 Å². The van der Waals surface area contributed by atoms with Gasteiger partial charge in [0.25, 0.3) is 0 Å². The second-order valence-electron chi connectivity index (χ2n) is 5.06. The first kappa shape index (κ1) is 14.7. The summed E-state index contributed by atoms with van der Waals surface area (Å²) in [6.45, 7) is 2.85. The van der Waals surface area contributed by atoms with Gasteiger partial charge in [0.1, 0.15) is 0 Å². The van der Waals surface area contributed by atoms with Gasteiger partial charge in [-0.05, 0) is 19.8 Å². The van der Waals surface area contributed by atoms with E-state index in [9.17, 15) is 13.2 Å². The van der Waals surface area contributed by atoms with Gasteiger partial charge < -0.3 is 4.74 Å². The number of carbonyl (C=O) groups excluding carboxylic acids is 1. The Balaban J connectivity index is 1.71. The van der Waals surface area contributed by atoms with Crippen molar-refractivity contribution in [2.45, 2.75) is 38.0 Å². The molecular weight excluding hydrogens is 314 g/mol. The summed E-state index contributed by atoms with van der Waals surface area (Å²) in [7, 11) is -3.15. The largest absolute Gasteiger partial charge is 0.450 e. The SMILES string of the molecule is CCOC(=O)Nc1nc2c(s1)CN(S(=O)(=O)C1CC1)CC2. The normalized spacial score (nSPS) is 19.1. The molecule has 1 aromatic heterocycles. The summed E-state index contributed by atoms with van der Waals surface area (Å²) in [5.74, 6) is 0. The van der Waals surface area contributed by atoms with E-state index in [-0.39, 0.29) is 5.25 Å². The molecule has 21 heavy (non-hydrogen) atoms. The van der Waals surface area contributed by atoms with Gasteiger partial charge in [-0.25, -0.2) is 18.2 Å². The first-order valence-corrected chi connectivity index (χ1v) is 9.24. The van der Waals surface area contributed by atoms with Gasteiger partial charge in [-0.2, -0.15) is 4.31 Å². The number of nitrogens with one attached hydrogen (secondary N) is 1. The van der Waals surface area contributed by atoms with E-state index < -0.39 is 16.1 Å². The average Bonchev–Trinajstić information content (AvgIpc) is 3.20. The van der Waals surface area contributed by atoms with Crippen LogP contribution in [0.1, 0.15) is 30.3 Å². The van der Waals surface area contributed by atoms with Crippen molar-refractivity contribution in [1.29, 1.82) is 0 Å². The summed E-state index contributed by atoms with van der Waals surface area (Å²) < 4.78 is 30.8. The lowest BCUT2D eigenvalue weighted by Gasteiger charge is -2.25. The molecule has 0 bridgehead atoms. The molecule has 2 heterocycles. The third-order valence-electron chi connectivity index (χ3n) is 3.49. The van der Waals surface area contributed by atoms with Gasteiger partial charge >= 0.3 is 6.09 Å². The number of sulfonamides is 1. The Morgan fingerprint density at radius 3 is 2.95 bits per heavy atom. The van der Waals surface area contributed by atoms with Crippen LogP contribution in [0.2, 0.25) is 0 Å². The quantitative estimate of drug-likeness (QED) is 0.904. The van der Waals surface area contributed by atoms with Gasteiger partial charge in [0.15, 0.2) is 5.13 Å². The Labute approximate surface area is 127 Å². The van der Waals surface area contributed by atoms with Gasteiger partial charge in [-0.3, -0.25) is 5.32 Å². The van der Waals surface area contributed by atoms with E-state index >= 15 is 0 Å². The van der Waals surface area contributed by atoms with Gasteiger partial charge in [-0.15, -0.1) is 0 Å². The number of hydrogen-bond acceptors (Lipinski definition) is 6. The zero-order valence-corrected chi connectivity index (χ0v) is 13.3. The molecule has 1 amide bonds. The molecule has 1 aliphatic heterocycles. The number of hydrogen-bond donors (Lipinski definition) is 1. The fourth-order valence-electron chi connectivity index (χ4n) is 2.27. The van der Waals surface area contributed by atoms with Crippen LogP contribution in [0.5, 0.6) is 0 Å². The van der Waals surface area contributed by atoms with Gasteiger partial charge in [0, 0.05) is 24.4 Å². The van der Waals surface area contributed by atoms with Crippen LogP contribution in [0.15, 0.2) is 0 Å². The Morgan fingerprint density at radius 2 is 2.29 bits per heavy atom. The molecule has 3 rings (SSSR count). The lowest BCUT2D eigenvalue weighted by atomic mass is 10.2. The molecule has 0 saturated heterocycles. The number of amides is 1. The zero-order chi connectivity index (χ0) is 15.0. The minimum absolute atomic E-state index is 0.191. The maximum absolute atomic E-state index is 12.2. The van der Waals surface area contributed by atoms with Crippen LogP contribution in [0.4, 0.5) is 9.93 Å². The number of carbonyl (C=O) groups is 1. The highest BCUT2D eigenvalue weighted by atomic mass is 32.2. The Kier molecular flexibility index (Phi) is 3.89. The zero-order valence-electron chi connectivity index (χ0n) is 11.7. The highest BCUT2D eigenvalue weighted by Gasteiger charge is 2.41. The molecule has 1 N–H and O–H groups in total. The van der Waals surface area contributed by atoms with Crippen molar-refractivity contribution < 1.29 is 17.9 Å². The van der Waals surface area contributed by atoms with E-state index in [0.29, 0.717) is 31.2 Å². The number of fused-ring (bicyclic) bond motifs is 1. The predicted molar refractivity (Wildman–Crippen MR) is 78.8 cm³/mol. The van der Waals surface area contributed by atoms with Crippen molar-refractivity contribution in [3.05, 3.63) is 10.6 Å². The summed E-state index contributed by atoms with van der Waals surface area (Å²) in [6.07, 6.45) is 1.59. The van der Waals surface area contributed by atoms with E-state index in [1.807, 2.05) is 0 Å². The highest BCUT2D eigenvalue weighted by Crippen LogP contribution is 2.35. The standard InChI is InChI=1S/C12H17N3O4S2/c1-2-19-12(16)14-11-13-9-5-6-15(7-10(9)20-11)21(17,18)8-3-4-8/h8H,2-7H2,1H3,(H,13,14,16). The monoisotopic (exact) mass is 331 g/mol. The van der Waals surface area contributed by atoms with Crippen LogP contribution in [0, 0.1) is 0 Å². The maximum atomic E-state index is 12.2. The van der Waals surface area contributed by atoms with Crippen molar-refractivity contribution >= 4 is 32.6 Å². The molecule has 2 aliphatic rings. The molecule has 9 heteroatoms. The number of anilines is 1. The van der Waals surface area contributed by atoms with Crippen LogP contribution in [-0.4, -0.2) is 42.2 Å². The molecular formula is C12H17N3O4S2. The van der Waals surface area contributed by atoms with Crippen molar-refractivity contribution in [3.8, 4) is 0 Å². The van der Waals surface area contributed by atoms with Crippen molar-refractivity contribution in [2.75, 3.05) is 18.5 Å². The van der Waals surface area contributed by atoms with Crippen LogP contribution in [0.25, 0.3) is 0 Å². The second kappa shape index (κ2) is 5.54. The smallest absolute Gasteiger partial charge is 0.413 e. The highest BCUT2D eigenvalue weighted by molar-refractivity contribution is 7.90. The molecule has 1 fully saturated rings. The number of nitrogens with zero attached hydrogens (tertiary/aromatic N) is 2. The van der Waals surface area contributed by atoms with Crippen LogP contribution in [-0.2, 0) is 27.7 Å². The van der Waals surface area contributed by atoms with E-state index in [0.717, 1.165) is 23.4 Å². The lowest BCUT2D eigenvalue weighted by molar-refractivity contribution is 0.168. The predicted octanol–water partition coefficient (Wildman–Crippen LogP) is 1.56. The molecule has 7 nitrogen and oxygen atoms in total. The lowest BCUT2D eigenvalue weighted by Crippen LogP contribution is -2.37. The average molecular weight is 331 g/mol.